The molecule has 0 aromatic rings. The van der Waals surface area contributed by atoms with Gasteiger partial charge >= 0.3 is 5.97 Å². The Morgan fingerprint density at radius 1 is 1.47 bits per heavy atom. The van der Waals surface area contributed by atoms with Crippen molar-refractivity contribution >= 4 is 12.2 Å². The van der Waals surface area contributed by atoms with Crippen LogP contribution in [0.4, 0.5) is 0 Å². The zero-order valence-electron chi connectivity index (χ0n) is 10.0. The summed E-state index contributed by atoms with van der Waals surface area (Å²) < 4.78 is 5.89. The van der Waals surface area contributed by atoms with E-state index in [1.54, 1.807) is 27.0 Å². The summed E-state index contributed by atoms with van der Waals surface area (Å²) in [5, 5.41) is 11.7. The molecular formula is C11H19NO3. The summed E-state index contributed by atoms with van der Waals surface area (Å²) in [6.07, 6.45) is 1.56. The van der Waals surface area contributed by atoms with Gasteiger partial charge in [-0.05, 0) is 20.8 Å². The highest BCUT2D eigenvalue weighted by atomic mass is 16.5. The van der Waals surface area contributed by atoms with E-state index in [-0.39, 0.29) is 5.97 Å². The van der Waals surface area contributed by atoms with Crippen LogP contribution in [-0.2, 0) is 9.53 Å². The van der Waals surface area contributed by atoms with E-state index in [0.29, 0.717) is 6.61 Å². The minimum Gasteiger partial charge on any atom is -0.624 e. The van der Waals surface area contributed by atoms with Crippen molar-refractivity contribution in [2.24, 2.45) is 11.3 Å². The van der Waals surface area contributed by atoms with Crippen LogP contribution >= 0.6 is 0 Å². The lowest BCUT2D eigenvalue weighted by Gasteiger charge is -2.29. The smallest absolute Gasteiger partial charge is 0.317 e. The highest BCUT2D eigenvalue weighted by Crippen LogP contribution is 2.41. The Bertz CT molecular complexity index is 305. The van der Waals surface area contributed by atoms with Crippen LogP contribution in [-0.4, -0.2) is 29.1 Å². The van der Waals surface area contributed by atoms with E-state index in [4.69, 9.17) is 4.74 Å². The second kappa shape index (κ2) is 3.51. The third-order valence-electron chi connectivity index (χ3n) is 2.99. The molecule has 1 atom stereocenters. The first-order chi connectivity index (χ1) is 6.73. The zero-order valence-corrected chi connectivity index (χ0v) is 10.0. The molecule has 0 bridgehead atoms. The predicted molar refractivity (Wildman–Crippen MR) is 57.7 cm³/mol. The fraction of sp³-hybridized carbons (Fsp3) is 0.818. The number of nitrogens with zero attached hydrogens (tertiary/aromatic N) is 1. The van der Waals surface area contributed by atoms with E-state index >= 15 is 0 Å². The van der Waals surface area contributed by atoms with E-state index in [2.05, 4.69) is 0 Å². The van der Waals surface area contributed by atoms with Crippen LogP contribution in [0.1, 0.15) is 34.6 Å². The van der Waals surface area contributed by atoms with E-state index in [1.807, 2.05) is 13.8 Å². The molecule has 1 aliphatic rings. The lowest BCUT2D eigenvalue weighted by molar-refractivity contribution is -0.533. The molecule has 86 valence electrons. The monoisotopic (exact) mass is 213 g/mol. The predicted octanol–water partition coefficient (Wildman–Crippen LogP) is 1.57. The van der Waals surface area contributed by atoms with Crippen molar-refractivity contribution in [2.75, 3.05) is 6.61 Å². The summed E-state index contributed by atoms with van der Waals surface area (Å²) >= 11 is 0. The fourth-order valence-corrected chi connectivity index (χ4v) is 2.40. The van der Waals surface area contributed by atoms with Gasteiger partial charge in [0, 0.05) is 13.8 Å². The van der Waals surface area contributed by atoms with Crippen molar-refractivity contribution in [1.29, 1.82) is 0 Å². The average Bonchev–Trinajstić information content (AvgIpc) is 2.16. The molecule has 1 aliphatic heterocycles. The third kappa shape index (κ3) is 1.85. The Morgan fingerprint density at radius 2 is 2.00 bits per heavy atom. The molecule has 0 aromatic carbocycles. The number of hydrogen-bond donors (Lipinski definition) is 0. The number of hydrogen-bond acceptors (Lipinski definition) is 3. The van der Waals surface area contributed by atoms with Crippen molar-refractivity contribution < 1.29 is 14.3 Å². The number of hydroxylamine groups is 1. The second-order valence-corrected chi connectivity index (χ2v) is 5.11. The highest BCUT2D eigenvalue weighted by molar-refractivity contribution is 5.81. The number of carbonyl (C=O) groups excluding carboxylic acids is 1. The van der Waals surface area contributed by atoms with Gasteiger partial charge in [0.15, 0.2) is 11.8 Å². The van der Waals surface area contributed by atoms with Crippen molar-refractivity contribution in [1.82, 2.24) is 0 Å². The van der Waals surface area contributed by atoms with Crippen LogP contribution in [0.2, 0.25) is 0 Å². The van der Waals surface area contributed by atoms with Gasteiger partial charge in [-0.1, -0.05) is 0 Å². The Morgan fingerprint density at radius 3 is 2.33 bits per heavy atom. The molecule has 4 heteroatoms. The summed E-state index contributed by atoms with van der Waals surface area (Å²) in [5.41, 5.74) is -1.17. The standard InChI is InChI=1S/C11H19NO3/c1-6-15-9(13)8-10(2,3)7-12(14)11(8,4)5/h7-8H,6H2,1-5H3. The van der Waals surface area contributed by atoms with Crippen LogP contribution in [0.15, 0.2) is 0 Å². The Labute approximate surface area is 90.5 Å². The molecule has 0 aliphatic carbocycles. The minimum absolute atomic E-state index is 0.290. The van der Waals surface area contributed by atoms with Crippen LogP contribution in [0.3, 0.4) is 0 Å². The van der Waals surface area contributed by atoms with E-state index in [0.717, 1.165) is 4.74 Å². The van der Waals surface area contributed by atoms with Crippen LogP contribution in [0.25, 0.3) is 0 Å². The molecule has 4 nitrogen and oxygen atoms in total. The number of carbonyl (C=O) groups is 1. The lowest BCUT2D eigenvalue weighted by atomic mass is 9.73. The molecule has 0 saturated heterocycles. The van der Waals surface area contributed by atoms with Crippen molar-refractivity contribution in [3.8, 4) is 0 Å². The van der Waals surface area contributed by atoms with Crippen molar-refractivity contribution in [2.45, 2.75) is 40.2 Å². The van der Waals surface area contributed by atoms with E-state index in [1.165, 1.54) is 0 Å². The number of rotatable bonds is 2. The second-order valence-electron chi connectivity index (χ2n) is 5.11. The molecule has 0 N–H and O–H groups in total. The van der Waals surface area contributed by atoms with Crippen LogP contribution in [0, 0.1) is 16.5 Å². The molecule has 0 saturated carbocycles. The molecule has 1 rings (SSSR count). The number of esters is 1. The van der Waals surface area contributed by atoms with Gasteiger partial charge in [0.1, 0.15) is 5.92 Å². The van der Waals surface area contributed by atoms with Gasteiger partial charge in [-0.2, -0.15) is 0 Å². The first-order valence-electron chi connectivity index (χ1n) is 5.22. The Kier molecular flexibility index (Phi) is 2.81. The normalized spacial score (nSPS) is 27.3. The quantitative estimate of drug-likeness (QED) is 0.397. The molecular weight excluding hydrogens is 194 g/mol. The Hall–Kier alpha value is -1.06. The van der Waals surface area contributed by atoms with E-state index < -0.39 is 16.9 Å². The zero-order chi connectivity index (χ0) is 11.9. The first kappa shape index (κ1) is 12.0. The summed E-state index contributed by atoms with van der Waals surface area (Å²) in [7, 11) is 0. The highest BCUT2D eigenvalue weighted by Gasteiger charge is 2.57. The molecule has 0 aromatic heterocycles. The molecule has 0 amide bonds. The SMILES string of the molecule is CCOC(=O)C1C(C)(C)C=[N+]([O-])C1(C)C. The lowest BCUT2D eigenvalue weighted by Crippen LogP contribution is -2.45. The van der Waals surface area contributed by atoms with Gasteiger partial charge in [0.05, 0.1) is 12.0 Å². The van der Waals surface area contributed by atoms with Crippen molar-refractivity contribution in [3.05, 3.63) is 5.21 Å². The van der Waals surface area contributed by atoms with E-state index in [9.17, 15) is 10.0 Å². The first-order valence-corrected chi connectivity index (χ1v) is 5.22. The summed E-state index contributed by atoms with van der Waals surface area (Å²) in [4.78, 5) is 11.8. The van der Waals surface area contributed by atoms with Gasteiger partial charge in [0.2, 0.25) is 0 Å². The molecule has 0 radical (unpaired) electrons. The summed E-state index contributed by atoms with van der Waals surface area (Å²) in [5.74, 6) is -0.704. The molecule has 0 fully saturated rings. The van der Waals surface area contributed by atoms with Gasteiger partial charge < -0.3 is 9.94 Å². The molecule has 0 spiro atoms. The van der Waals surface area contributed by atoms with Crippen LogP contribution < -0.4 is 0 Å². The topological polar surface area (TPSA) is 52.4 Å². The summed E-state index contributed by atoms with van der Waals surface area (Å²) in [6, 6.07) is 0. The third-order valence-corrected chi connectivity index (χ3v) is 2.99. The largest absolute Gasteiger partial charge is 0.624 e. The maximum atomic E-state index is 11.8. The minimum atomic E-state index is -0.726. The maximum absolute atomic E-state index is 11.8. The molecule has 15 heavy (non-hydrogen) atoms. The van der Waals surface area contributed by atoms with Gasteiger partial charge in [-0.3, -0.25) is 4.79 Å². The molecule has 1 heterocycles. The van der Waals surface area contributed by atoms with Crippen LogP contribution in [0.5, 0.6) is 0 Å². The maximum Gasteiger partial charge on any atom is 0.317 e. The summed E-state index contributed by atoms with van der Waals surface area (Å²) in [6.45, 7) is 9.42. The number of ether oxygens (including phenoxy) is 1. The van der Waals surface area contributed by atoms with Crippen molar-refractivity contribution in [3.63, 3.8) is 0 Å². The van der Waals surface area contributed by atoms with Gasteiger partial charge in [-0.25, -0.2) is 4.74 Å². The Balaban J connectivity index is 3.03. The molecule has 1 unspecified atom stereocenters. The average molecular weight is 213 g/mol. The fourth-order valence-electron chi connectivity index (χ4n) is 2.40. The van der Waals surface area contributed by atoms with Gasteiger partial charge in [-0.15, -0.1) is 0 Å². The van der Waals surface area contributed by atoms with Gasteiger partial charge in [0.25, 0.3) is 0 Å².